The van der Waals surface area contributed by atoms with Crippen LogP contribution in [0.4, 0.5) is 5.00 Å². The van der Waals surface area contributed by atoms with Crippen LogP contribution in [0.5, 0.6) is 0 Å². The van der Waals surface area contributed by atoms with Crippen LogP contribution in [0.2, 0.25) is 0 Å². The van der Waals surface area contributed by atoms with Crippen molar-refractivity contribution in [1.29, 1.82) is 0 Å². The van der Waals surface area contributed by atoms with Crippen molar-refractivity contribution in [2.75, 3.05) is 5.73 Å². The highest BCUT2D eigenvalue weighted by molar-refractivity contribution is 8.02. The van der Waals surface area contributed by atoms with Gasteiger partial charge in [-0.25, -0.2) is 4.98 Å². The minimum Gasteiger partial charge on any atom is -0.389 e. The summed E-state index contributed by atoms with van der Waals surface area (Å²) in [6, 6.07) is 0. The van der Waals surface area contributed by atoms with Gasteiger partial charge < -0.3 is 5.73 Å². The molecule has 0 saturated carbocycles. The van der Waals surface area contributed by atoms with Crippen LogP contribution in [-0.4, -0.2) is 15.2 Å². The fourth-order valence-electron chi connectivity index (χ4n) is 0.711. The predicted molar refractivity (Wildman–Crippen MR) is 55.3 cm³/mol. The summed E-state index contributed by atoms with van der Waals surface area (Å²) in [5.41, 5.74) is 5.55. The van der Waals surface area contributed by atoms with Crippen LogP contribution in [0.3, 0.4) is 0 Å². The molecule has 0 saturated heterocycles. The van der Waals surface area contributed by atoms with Crippen molar-refractivity contribution < 1.29 is 0 Å². The van der Waals surface area contributed by atoms with Gasteiger partial charge in [0.15, 0.2) is 8.68 Å². The van der Waals surface area contributed by atoms with Crippen LogP contribution in [0.25, 0.3) is 0 Å². The third kappa shape index (κ3) is 2.17. The topological polar surface area (TPSA) is 64.7 Å². The van der Waals surface area contributed by atoms with Gasteiger partial charge in [-0.05, 0) is 18.7 Å². The molecule has 0 fully saturated rings. The molecule has 0 spiro atoms. The number of rotatable bonds is 2. The van der Waals surface area contributed by atoms with Gasteiger partial charge >= 0.3 is 0 Å². The van der Waals surface area contributed by atoms with Crippen molar-refractivity contribution in [3.8, 4) is 0 Å². The third-order valence-electron chi connectivity index (χ3n) is 1.18. The molecule has 0 aliphatic rings. The molecular weight excluding hydrogens is 224 g/mol. The zero-order chi connectivity index (χ0) is 9.26. The molecule has 0 amide bonds. The maximum atomic E-state index is 5.55. The van der Waals surface area contributed by atoms with Gasteiger partial charge in [0.2, 0.25) is 0 Å². The van der Waals surface area contributed by atoms with Crippen molar-refractivity contribution in [2.45, 2.75) is 15.6 Å². The first-order chi connectivity index (χ1) is 6.24. The number of hydrogen-bond acceptors (Lipinski definition) is 7. The Labute approximate surface area is 87.2 Å². The second kappa shape index (κ2) is 3.60. The summed E-state index contributed by atoms with van der Waals surface area (Å²) in [5, 5.41) is 9.58. The van der Waals surface area contributed by atoms with Crippen molar-refractivity contribution in [3.63, 3.8) is 0 Å². The highest BCUT2D eigenvalue weighted by Crippen LogP contribution is 2.33. The summed E-state index contributed by atoms with van der Waals surface area (Å²) >= 11 is 4.52. The SMILES string of the molecule is Cc1nnc(Sc2ncc(N)s2)s1. The Morgan fingerprint density at radius 2 is 2.15 bits per heavy atom. The summed E-state index contributed by atoms with van der Waals surface area (Å²) in [6.07, 6.45) is 1.65. The van der Waals surface area contributed by atoms with E-state index in [0.717, 1.165) is 18.7 Å². The molecule has 68 valence electrons. The molecule has 2 aromatic heterocycles. The quantitative estimate of drug-likeness (QED) is 0.855. The second-order valence-electron chi connectivity index (χ2n) is 2.22. The van der Waals surface area contributed by atoms with Crippen molar-refractivity contribution in [1.82, 2.24) is 15.2 Å². The molecule has 2 N–H and O–H groups in total. The number of nitrogens with zero attached hydrogens (tertiary/aromatic N) is 3. The van der Waals surface area contributed by atoms with Crippen molar-refractivity contribution in [3.05, 3.63) is 11.2 Å². The Hall–Kier alpha value is -0.660. The molecule has 2 aromatic rings. The third-order valence-corrected chi connectivity index (χ3v) is 3.98. The molecule has 7 heteroatoms. The fraction of sp³-hybridized carbons (Fsp3) is 0.167. The molecule has 0 aromatic carbocycles. The molecule has 0 bridgehead atoms. The van der Waals surface area contributed by atoms with E-state index in [9.17, 15) is 0 Å². The average Bonchev–Trinajstić information content (AvgIpc) is 2.62. The molecule has 4 nitrogen and oxygen atoms in total. The van der Waals surface area contributed by atoms with E-state index in [-0.39, 0.29) is 0 Å². The van der Waals surface area contributed by atoms with E-state index in [1.807, 2.05) is 6.92 Å². The van der Waals surface area contributed by atoms with Gasteiger partial charge in [0.05, 0.1) is 6.20 Å². The van der Waals surface area contributed by atoms with Gasteiger partial charge in [-0.3, -0.25) is 0 Å². The molecule has 13 heavy (non-hydrogen) atoms. The van der Waals surface area contributed by atoms with Crippen molar-refractivity contribution in [2.24, 2.45) is 0 Å². The van der Waals surface area contributed by atoms with Gasteiger partial charge in [-0.1, -0.05) is 22.7 Å². The van der Waals surface area contributed by atoms with Crippen LogP contribution < -0.4 is 5.73 Å². The van der Waals surface area contributed by atoms with Crippen LogP contribution in [-0.2, 0) is 0 Å². The Morgan fingerprint density at radius 1 is 1.31 bits per heavy atom. The molecule has 0 unspecified atom stereocenters. The summed E-state index contributed by atoms with van der Waals surface area (Å²) in [6.45, 7) is 1.93. The summed E-state index contributed by atoms with van der Waals surface area (Å²) in [5.74, 6) is 0. The first-order valence-electron chi connectivity index (χ1n) is 3.43. The highest BCUT2D eigenvalue weighted by atomic mass is 32.2. The van der Waals surface area contributed by atoms with Gasteiger partial charge in [0.25, 0.3) is 0 Å². The van der Waals surface area contributed by atoms with Gasteiger partial charge in [-0.2, -0.15) is 0 Å². The van der Waals surface area contributed by atoms with Gasteiger partial charge in [-0.15, -0.1) is 10.2 Å². The van der Waals surface area contributed by atoms with Gasteiger partial charge in [0.1, 0.15) is 10.0 Å². The van der Waals surface area contributed by atoms with Crippen LogP contribution in [0.1, 0.15) is 5.01 Å². The number of nitrogens with two attached hydrogens (primary N) is 1. The maximum Gasteiger partial charge on any atom is 0.181 e. The van der Waals surface area contributed by atoms with E-state index in [0.29, 0.717) is 0 Å². The summed E-state index contributed by atoms with van der Waals surface area (Å²) < 4.78 is 1.82. The summed E-state index contributed by atoms with van der Waals surface area (Å²) in [4.78, 5) is 4.12. The maximum absolute atomic E-state index is 5.55. The van der Waals surface area contributed by atoms with Crippen LogP contribution in [0.15, 0.2) is 14.9 Å². The minimum atomic E-state index is 0.726. The van der Waals surface area contributed by atoms with E-state index < -0.39 is 0 Å². The Kier molecular flexibility index (Phi) is 2.47. The number of hydrogen-bond donors (Lipinski definition) is 1. The first kappa shape index (κ1) is 8.92. The lowest BCUT2D eigenvalue weighted by molar-refractivity contribution is 0.983. The van der Waals surface area contributed by atoms with E-state index in [2.05, 4.69) is 15.2 Å². The monoisotopic (exact) mass is 230 g/mol. The number of nitrogen functional groups attached to an aromatic ring is 1. The zero-order valence-electron chi connectivity index (χ0n) is 6.72. The standard InChI is InChI=1S/C6H6N4S3/c1-3-9-10-6(11-3)13-5-8-2-4(7)12-5/h2H,7H2,1H3. The molecule has 0 radical (unpaired) electrons. The smallest absolute Gasteiger partial charge is 0.181 e. The lowest BCUT2D eigenvalue weighted by Gasteiger charge is -1.86. The number of thiazole rings is 1. The minimum absolute atomic E-state index is 0.726. The molecule has 0 aliphatic carbocycles. The Bertz CT molecular complexity index is 369. The van der Waals surface area contributed by atoms with Crippen molar-refractivity contribution >= 4 is 39.4 Å². The Balaban J connectivity index is 2.14. The lowest BCUT2D eigenvalue weighted by atomic mass is 10.9. The molecule has 0 aliphatic heterocycles. The molecular formula is C6H6N4S3. The van der Waals surface area contributed by atoms with E-state index in [1.54, 1.807) is 17.5 Å². The average molecular weight is 230 g/mol. The second-order valence-corrected chi connectivity index (χ2v) is 5.96. The molecule has 2 heterocycles. The molecule has 0 atom stereocenters. The number of aryl methyl sites for hydroxylation is 1. The van der Waals surface area contributed by atoms with E-state index in [1.165, 1.54) is 23.1 Å². The van der Waals surface area contributed by atoms with Crippen LogP contribution in [0, 0.1) is 6.92 Å². The number of aromatic nitrogens is 3. The lowest BCUT2D eigenvalue weighted by Crippen LogP contribution is -1.73. The predicted octanol–water partition coefficient (Wildman–Crippen LogP) is 2.04. The Morgan fingerprint density at radius 3 is 2.69 bits per heavy atom. The van der Waals surface area contributed by atoms with E-state index in [4.69, 9.17) is 5.73 Å². The first-order valence-corrected chi connectivity index (χ1v) is 5.88. The normalized spacial score (nSPS) is 10.5. The fourth-order valence-corrected chi connectivity index (χ4v) is 3.49. The summed E-state index contributed by atoms with van der Waals surface area (Å²) in [7, 11) is 0. The van der Waals surface area contributed by atoms with Gasteiger partial charge in [0, 0.05) is 0 Å². The highest BCUT2D eigenvalue weighted by Gasteiger charge is 2.05. The number of anilines is 1. The zero-order valence-corrected chi connectivity index (χ0v) is 9.17. The largest absolute Gasteiger partial charge is 0.389 e. The van der Waals surface area contributed by atoms with Crippen LogP contribution >= 0.6 is 34.4 Å². The molecule has 2 rings (SSSR count). The van der Waals surface area contributed by atoms with E-state index >= 15 is 0 Å².